The number of methoxy groups -OCH3 is 1. The van der Waals surface area contributed by atoms with Crippen LogP contribution in [0.5, 0.6) is 0 Å². The van der Waals surface area contributed by atoms with Crippen molar-refractivity contribution in [1.29, 1.82) is 0 Å². The van der Waals surface area contributed by atoms with E-state index in [1.807, 2.05) is 0 Å². The third-order valence-corrected chi connectivity index (χ3v) is 4.83. The van der Waals surface area contributed by atoms with E-state index in [1.165, 1.54) is 12.1 Å². The van der Waals surface area contributed by atoms with Gasteiger partial charge < -0.3 is 16.2 Å². The van der Waals surface area contributed by atoms with Gasteiger partial charge in [0.1, 0.15) is 4.90 Å². The number of hydrogen-bond acceptors (Lipinski definition) is 6. The van der Waals surface area contributed by atoms with E-state index in [4.69, 9.17) is 23.1 Å². The number of carbonyl (C=O) groups is 1. The molecule has 122 valence electrons. The standard InChI is InChI=1S/C14H14ClN3O4S/c1-22-14(19)8-6-13(9(15)7-11(8)17)23(20,21)18-12-5-3-2-4-10(12)16/h2-7,18H,16-17H2,1H3. The Morgan fingerprint density at radius 2 is 1.83 bits per heavy atom. The fraction of sp³-hybridized carbons (Fsp3) is 0.0714. The molecule has 2 rings (SSSR count). The first-order valence-electron chi connectivity index (χ1n) is 6.31. The van der Waals surface area contributed by atoms with Crippen molar-refractivity contribution in [2.75, 3.05) is 23.3 Å². The maximum absolute atomic E-state index is 12.5. The van der Waals surface area contributed by atoms with E-state index in [-0.39, 0.29) is 32.5 Å². The van der Waals surface area contributed by atoms with Gasteiger partial charge in [0, 0.05) is 5.69 Å². The Morgan fingerprint density at radius 3 is 2.43 bits per heavy atom. The van der Waals surface area contributed by atoms with E-state index in [0.29, 0.717) is 0 Å². The average molecular weight is 356 g/mol. The Morgan fingerprint density at radius 1 is 1.17 bits per heavy atom. The van der Waals surface area contributed by atoms with Gasteiger partial charge in [-0.1, -0.05) is 23.7 Å². The molecule has 9 heteroatoms. The van der Waals surface area contributed by atoms with E-state index in [1.54, 1.807) is 18.2 Å². The number of anilines is 3. The van der Waals surface area contributed by atoms with E-state index >= 15 is 0 Å². The molecule has 0 unspecified atom stereocenters. The largest absolute Gasteiger partial charge is 0.465 e. The Bertz CT molecular complexity index is 868. The van der Waals surface area contributed by atoms with Gasteiger partial charge in [-0.2, -0.15) is 0 Å². The molecule has 0 bridgehead atoms. The number of benzene rings is 2. The maximum Gasteiger partial charge on any atom is 0.340 e. The van der Waals surface area contributed by atoms with Gasteiger partial charge in [-0.25, -0.2) is 13.2 Å². The summed E-state index contributed by atoms with van der Waals surface area (Å²) >= 11 is 5.96. The van der Waals surface area contributed by atoms with Crippen molar-refractivity contribution in [3.05, 3.63) is 47.0 Å². The monoisotopic (exact) mass is 355 g/mol. The number of esters is 1. The van der Waals surface area contributed by atoms with Crippen molar-refractivity contribution < 1.29 is 17.9 Å². The molecule has 7 nitrogen and oxygen atoms in total. The van der Waals surface area contributed by atoms with Gasteiger partial charge in [-0.15, -0.1) is 0 Å². The molecule has 0 saturated carbocycles. The van der Waals surface area contributed by atoms with Crippen LogP contribution in [-0.2, 0) is 14.8 Å². The molecule has 0 spiro atoms. The first-order chi connectivity index (χ1) is 10.8. The summed E-state index contributed by atoms with van der Waals surface area (Å²) in [5.74, 6) is -0.769. The number of para-hydroxylation sites is 2. The van der Waals surface area contributed by atoms with Gasteiger partial charge >= 0.3 is 5.97 Å². The van der Waals surface area contributed by atoms with Crippen molar-refractivity contribution in [3.63, 3.8) is 0 Å². The average Bonchev–Trinajstić information content (AvgIpc) is 2.48. The number of nitrogens with two attached hydrogens (primary N) is 2. The first-order valence-corrected chi connectivity index (χ1v) is 8.17. The second-order valence-electron chi connectivity index (χ2n) is 4.55. The molecule has 0 fully saturated rings. The summed E-state index contributed by atoms with van der Waals surface area (Å²) in [6.07, 6.45) is 0. The lowest BCUT2D eigenvalue weighted by atomic mass is 10.2. The lowest BCUT2D eigenvalue weighted by molar-refractivity contribution is 0.0601. The summed E-state index contributed by atoms with van der Waals surface area (Å²) in [5.41, 5.74) is 11.7. The number of halogens is 1. The fourth-order valence-corrected chi connectivity index (χ4v) is 3.50. The Hall–Kier alpha value is -2.45. The minimum Gasteiger partial charge on any atom is -0.465 e. The van der Waals surface area contributed by atoms with Gasteiger partial charge in [-0.3, -0.25) is 4.72 Å². The number of sulfonamides is 1. The van der Waals surface area contributed by atoms with Gasteiger partial charge in [0.2, 0.25) is 0 Å². The van der Waals surface area contributed by atoms with Crippen molar-refractivity contribution in [3.8, 4) is 0 Å². The Balaban J connectivity index is 2.52. The maximum atomic E-state index is 12.5. The highest BCUT2D eigenvalue weighted by Crippen LogP contribution is 2.30. The van der Waals surface area contributed by atoms with Crippen LogP contribution in [0.3, 0.4) is 0 Å². The lowest BCUT2D eigenvalue weighted by Crippen LogP contribution is -2.16. The first kappa shape index (κ1) is 16.9. The van der Waals surface area contributed by atoms with Gasteiger partial charge in [0.05, 0.1) is 29.1 Å². The second-order valence-corrected chi connectivity index (χ2v) is 6.61. The van der Waals surface area contributed by atoms with Gasteiger partial charge in [0.25, 0.3) is 10.0 Å². The van der Waals surface area contributed by atoms with E-state index < -0.39 is 16.0 Å². The molecule has 0 aliphatic heterocycles. The van der Waals surface area contributed by atoms with E-state index in [9.17, 15) is 13.2 Å². The molecule has 5 N–H and O–H groups in total. The zero-order valence-electron chi connectivity index (χ0n) is 12.0. The molecular formula is C14H14ClN3O4S. The smallest absolute Gasteiger partial charge is 0.340 e. The predicted octanol–water partition coefficient (Wildman–Crippen LogP) is 2.09. The normalized spacial score (nSPS) is 11.0. The Kier molecular flexibility index (Phi) is 4.67. The van der Waals surface area contributed by atoms with Crippen LogP contribution < -0.4 is 16.2 Å². The predicted molar refractivity (Wildman–Crippen MR) is 88.9 cm³/mol. The quantitative estimate of drug-likeness (QED) is 0.569. The number of nitrogen functional groups attached to an aromatic ring is 2. The summed E-state index contributed by atoms with van der Waals surface area (Å²) in [4.78, 5) is 11.3. The highest BCUT2D eigenvalue weighted by Gasteiger charge is 2.23. The van der Waals surface area contributed by atoms with E-state index in [0.717, 1.165) is 13.2 Å². The molecule has 2 aromatic carbocycles. The summed E-state index contributed by atoms with van der Waals surface area (Å²) in [6, 6.07) is 8.57. The molecule has 0 heterocycles. The van der Waals surface area contributed by atoms with Crippen LogP contribution in [0.15, 0.2) is 41.3 Å². The summed E-state index contributed by atoms with van der Waals surface area (Å²) in [6.45, 7) is 0. The third-order valence-electron chi connectivity index (χ3n) is 3.00. The van der Waals surface area contributed by atoms with Crippen LogP contribution >= 0.6 is 11.6 Å². The van der Waals surface area contributed by atoms with Crippen LogP contribution in [0.2, 0.25) is 5.02 Å². The number of nitrogens with one attached hydrogen (secondary N) is 1. The molecule has 23 heavy (non-hydrogen) atoms. The topological polar surface area (TPSA) is 125 Å². The molecule has 2 aromatic rings. The van der Waals surface area contributed by atoms with Crippen molar-refractivity contribution in [2.45, 2.75) is 4.90 Å². The Labute approximate surface area is 138 Å². The molecule has 0 radical (unpaired) electrons. The van der Waals surface area contributed by atoms with Gasteiger partial charge in [-0.05, 0) is 24.3 Å². The lowest BCUT2D eigenvalue weighted by Gasteiger charge is -2.13. The molecule has 0 saturated heterocycles. The summed E-state index contributed by atoms with van der Waals surface area (Å²) in [5, 5.41) is -0.128. The fourth-order valence-electron chi connectivity index (χ4n) is 1.85. The van der Waals surface area contributed by atoms with Crippen molar-refractivity contribution >= 4 is 44.7 Å². The SMILES string of the molecule is COC(=O)c1cc(S(=O)(=O)Nc2ccccc2N)c(Cl)cc1N. The van der Waals surface area contributed by atoms with Crippen LogP contribution in [-0.4, -0.2) is 21.5 Å². The van der Waals surface area contributed by atoms with E-state index in [2.05, 4.69) is 9.46 Å². The van der Waals surface area contributed by atoms with Gasteiger partial charge in [0.15, 0.2) is 0 Å². The zero-order valence-corrected chi connectivity index (χ0v) is 13.6. The summed E-state index contributed by atoms with van der Waals surface area (Å²) < 4.78 is 31.9. The molecule has 0 atom stereocenters. The molecule has 0 aliphatic carbocycles. The number of hydrogen-bond donors (Lipinski definition) is 3. The zero-order chi connectivity index (χ0) is 17.2. The van der Waals surface area contributed by atoms with Crippen LogP contribution in [0.4, 0.5) is 17.1 Å². The summed E-state index contributed by atoms with van der Waals surface area (Å²) in [7, 11) is -2.91. The minimum atomic E-state index is -4.07. The highest BCUT2D eigenvalue weighted by molar-refractivity contribution is 7.92. The van der Waals surface area contributed by atoms with Crippen LogP contribution in [0, 0.1) is 0 Å². The van der Waals surface area contributed by atoms with Crippen molar-refractivity contribution in [2.24, 2.45) is 0 Å². The molecule has 0 aliphatic rings. The highest BCUT2D eigenvalue weighted by atomic mass is 35.5. The van der Waals surface area contributed by atoms with Crippen LogP contribution in [0.25, 0.3) is 0 Å². The molecule has 0 aromatic heterocycles. The number of rotatable bonds is 4. The van der Waals surface area contributed by atoms with Crippen LogP contribution in [0.1, 0.15) is 10.4 Å². The van der Waals surface area contributed by atoms with Crippen molar-refractivity contribution in [1.82, 2.24) is 0 Å². The molecule has 0 amide bonds. The third kappa shape index (κ3) is 3.49. The minimum absolute atomic E-state index is 0.0139. The second kappa shape index (κ2) is 6.35. The number of ether oxygens (including phenoxy) is 1. The molecular weight excluding hydrogens is 342 g/mol. The number of carbonyl (C=O) groups excluding carboxylic acids is 1.